The summed E-state index contributed by atoms with van der Waals surface area (Å²) in [7, 11) is 0. The highest BCUT2D eigenvalue weighted by Crippen LogP contribution is 2.11. The summed E-state index contributed by atoms with van der Waals surface area (Å²) in [6, 6.07) is 0. The molecule has 4 heteroatoms. The summed E-state index contributed by atoms with van der Waals surface area (Å²) < 4.78 is 5.29. The van der Waals surface area contributed by atoms with Gasteiger partial charge in [0.15, 0.2) is 0 Å². The highest BCUT2D eigenvalue weighted by atomic mass is 16.5. The molecule has 1 N–H and O–H groups in total. The molecule has 4 nitrogen and oxygen atoms in total. The van der Waals surface area contributed by atoms with Crippen molar-refractivity contribution in [3.8, 4) is 0 Å². The van der Waals surface area contributed by atoms with Gasteiger partial charge < -0.3 is 9.84 Å². The number of carbonyl (C=O) groups excluding carboxylic acids is 1. The summed E-state index contributed by atoms with van der Waals surface area (Å²) in [4.78, 5) is 22.0. The van der Waals surface area contributed by atoms with Crippen molar-refractivity contribution >= 4 is 11.9 Å². The molecule has 0 saturated heterocycles. The fourth-order valence-corrected chi connectivity index (χ4v) is 3.10. The smallest absolute Gasteiger partial charge is 0.305 e. The second-order valence-electron chi connectivity index (χ2n) is 7.42. The largest absolute Gasteiger partial charge is 0.481 e. The Morgan fingerprint density at radius 2 is 1.04 bits per heavy atom. The molecular formula is C22H42O4. The van der Waals surface area contributed by atoms with Crippen molar-refractivity contribution in [3.63, 3.8) is 0 Å². The highest BCUT2D eigenvalue weighted by Gasteiger charge is 2.02. The first-order valence-corrected chi connectivity index (χ1v) is 11.0. The van der Waals surface area contributed by atoms with Crippen LogP contribution in [0.15, 0.2) is 0 Å². The number of carboxylic acid groups (broad SMARTS) is 1. The average Bonchev–Trinajstić information content (AvgIpc) is 2.61. The minimum atomic E-state index is -0.695. The van der Waals surface area contributed by atoms with Gasteiger partial charge in [0.05, 0.1) is 6.61 Å². The van der Waals surface area contributed by atoms with E-state index < -0.39 is 5.97 Å². The Hall–Kier alpha value is -1.06. The maximum Gasteiger partial charge on any atom is 0.305 e. The van der Waals surface area contributed by atoms with Gasteiger partial charge in [-0.15, -0.1) is 0 Å². The summed E-state index contributed by atoms with van der Waals surface area (Å²) in [5.74, 6) is -0.735. The van der Waals surface area contributed by atoms with E-state index in [1.807, 2.05) is 0 Å². The zero-order chi connectivity index (χ0) is 19.3. The van der Waals surface area contributed by atoms with Crippen molar-refractivity contribution in [2.75, 3.05) is 6.61 Å². The first-order chi connectivity index (χ1) is 12.7. The molecule has 26 heavy (non-hydrogen) atoms. The molecule has 0 fully saturated rings. The number of carbonyl (C=O) groups is 2. The Labute approximate surface area is 161 Å². The number of rotatable bonds is 20. The van der Waals surface area contributed by atoms with Crippen LogP contribution in [-0.2, 0) is 14.3 Å². The zero-order valence-electron chi connectivity index (χ0n) is 17.1. The quantitative estimate of drug-likeness (QED) is 0.192. The predicted molar refractivity (Wildman–Crippen MR) is 107 cm³/mol. The third-order valence-corrected chi connectivity index (χ3v) is 4.78. The Morgan fingerprint density at radius 3 is 1.54 bits per heavy atom. The van der Waals surface area contributed by atoms with E-state index in [9.17, 15) is 9.59 Å². The number of unbranched alkanes of at least 4 members (excludes halogenated alkanes) is 14. The molecule has 0 aromatic heterocycles. The monoisotopic (exact) mass is 370 g/mol. The number of aliphatic carboxylic acids is 1. The molecule has 0 aromatic carbocycles. The van der Waals surface area contributed by atoms with Crippen LogP contribution in [-0.4, -0.2) is 23.7 Å². The molecular weight excluding hydrogens is 328 g/mol. The summed E-state index contributed by atoms with van der Waals surface area (Å²) >= 11 is 0. The molecule has 154 valence electrons. The molecule has 0 aromatic rings. The molecule has 0 amide bonds. The van der Waals surface area contributed by atoms with Crippen molar-refractivity contribution in [3.05, 3.63) is 0 Å². The van der Waals surface area contributed by atoms with E-state index in [1.165, 1.54) is 57.8 Å². The summed E-state index contributed by atoms with van der Waals surface area (Å²) in [5, 5.41) is 8.55. The van der Waals surface area contributed by atoms with E-state index in [0.717, 1.165) is 44.9 Å². The van der Waals surface area contributed by atoms with E-state index >= 15 is 0 Å². The molecule has 0 aliphatic rings. The number of ether oxygens (including phenoxy) is 1. The first kappa shape index (κ1) is 24.9. The lowest BCUT2D eigenvalue weighted by Crippen LogP contribution is -2.05. The van der Waals surface area contributed by atoms with Gasteiger partial charge >= 0.3 is 11.9 Å². The van der Waals surface area contributed by atoms with Crippen LogP contribution in [0, 0.1) is 0 Å². The number of carboxylic acids is 1. The lowest BCUT2D eigenvalue weighted by molar-refractivity contribution is -0.144. The number of hydrogen-bond acceptors (Lipinski definition) is 3. The number of esters is 1. The molecule has 0 rings (SSSR count). The number of hydrogen-bond donors (Lipinski definition) is 1. The second kappa shape index (κ2) is 20.3. The van der Waals surface area contributed by atoms with Crippen LogP contribution in [0.3, 0.4) is 0 Å². The fraction of sp³-hybridized carbons (Fsp3) is 0.909. The molecule has 0 saturated carbocycles. The van der Waals surface area contributed by atoms with Crippen LogP contribution < -0.4 is 0 Å². The van der Waals surface area contributed by atoms with Crippen LogP contribution >= 0.6 is 0 Å². The van der Waals surface area contributed by atoms with Gasteiger partial charge in [0.25, 0.3) is 0 Å². The molecule has 0 unspecified atom stereocenters. The highest BCUT2D eigenvalue weighted by molar-refractivity contribution is 5.69. The van der Waals surface area contributed by atoms with E-state index in [4.69, 9.17) is 9.84 Å². The van der Waals surface area contributed by atoms with Gasteiger partial charge in [0.1, 0.15) is 0 Å². The van der Waals surface area contributed by atoms with Crippen molar-refractivity contribution in [2.24, 2.45) is 0 Å². The van der Waals surface area contributed by atoms with Gasteiger partial charge in [-0.05, 0) is 19.3 Å². The molecule has 0 spiro atoms. The summed E-state index contributed by atoms with van der Waals surface area (Å²) in [6.07, 6.45) is 19.4. The Balaban J connectivity index is 3.16. The van der Waals surface area contributed by atoms with Crippen LogP contribution in [0.1, 0.15) is 122 Å². The lowest BCUT2D eigenvalue weighted by Gasteiger charge is -2.05. The molecule has 0 aliphatic carbocycles. The molecule has 0 aliphatic heterocycles. The minimum Gasteiger partial charge on any atom is -0.481 e. The Bertz CT molecular complexity index is 328. The lowest BCUT2D eigenvalue weighted by atomic mass is 10.1. The maximum absolute atomic E-state index is 11.6. The van der Waals surface area contributed by atoms with Crippen molar-refractivity contribution < 1.29 is 19.4 Å². The maximum atomic E-state index is 11.6. The van der Waals surface area contributed by atoms with Crippen LogP contribution in [0.4, 0.5) is 0 Å². The molecule has 0 atom stereocenters. The fourth-order valence-electron chi connectivity index (χ4n) is 3.10. The van der Waals surface area contributed by atoms with Crippen molar-refractivity contribution in [1.82, 2.24) is 0 Å². The second-order valence-corrected chi connectivity index (χ2v) is 7.42. The Morgan fingerprint density at radius 1 is 0.615 bits per heavy atom. The van der Waals surface area contributed by atoms with Crippen molar-refractivity contribution in [1.29, 1.82) is 0 Å². The summed E-state index contributed by atoms with van der Waals surface area (Å²) in [6.45, 7) is 2.83. The average molecular weight is 371 g/mol. The standard InChI is InChI=1S/C22H42O4/c1-2-3-4-5-6-11-14-17-20-26-22(25)19-16-13-10-8-7-9-12-15-18-21(23)24/h2-20H2,1H3,(H,23,24). The van der Waals surface area contributed by atoms with E-state index in [2.05, 4.69) is 6.92 Å². The van der Waals surface area contributed by atoms with Crippen LogP contribution in [0.25, 0.3) is 0 Å². The van der Waals surface area contributed by atoms with Gasteiger partial charge in [-0.3, -0.25) is 9.59 Å². The molecule has 0 bridgehead atoms. The third-order valence-electron chi connectivity index (χ3n) is 4.78. The SMILES string of the molecule is CCCCCCCCCCOC(=O)CCCCCCCCCCC(=O)O. The van der Waals surface area contributed by atoms with Gasteiger partial charge in [-0.1, -0.05) is 90.4 Å². The van der Waals surface area contributed by atoms with E-state index in [0.29, 0.717) is 19.4 Å². The van der Waals surface area contributed by atoms with Crippen LogP contribution in [0.2, 0.25) is 0 Å². The van der Waals surface area contributed by atoms with Crippen LogP contribution in [0.5, 0.6) is 0 Å². The van der Waals surface area contributed by atoms with Gasteiger partial charge in [0.2, 0.25) is 0 Å². The van der Waals surface area contributed by atoms with Gasteiger partial charge in [-0.25, -0.2) is 0 Å². The third kappa shape index (κ3) is 21.0. The topological polar surface area (TPSA) is 63.6 Å². The van der Waals surface area contributed by atoms with E-state index in [1.54, 1.807) is 0 Å². The molecule has 0 radical (unpaired) electrons. The minimum absolute atomic E-state index is 0.0402. The van der Waals surface area contributed by atoms with Gasteiger partial charge in [0, 0.05) is 12.8 Å². The van der Waals surface area contributed by atoms with E-state index in [-0.39, 0.29) is 5.97 Å². The Kier molecular flexibility index (Phi) is 19.4. The molecule has 0 heterocycles. The van der Waals surface area contributed by atoms with Gasteiger partial charge in [-0.2, -0.15) is 0 Å². The normalized spacial score (nSPS) is 10.8. The summed E-state index contributed by atoms with van der Waals surface area (Å²) in [5.41, 5.74) is 0. The van der Waals surface area contributed by atoms with Crippen molar-refractivity contribution in [2.45, 2.75) is 122 Å². The first-order valence-electron chi connectivity index (χ1n) is 11.0. The zero-order valence-corrected chi connectivity index (χ0v) is 17.1. The predicted octanol–water partition coefficient (Wildman–Crippen LogP) is 6.66.